The van der Waals surface area contributed by atoms with E-state index in [0.29, 0.717) is 18.7 Å². The first-order valence-electron chi connectivity index (χ1n) is 6.51. The van der Waals surface area contributed by atoms with Crippen molar-refractivity contribution in [3.63, 3.8) is 0 Å². The van der Waals surface area contributed by atoms with Crippen molar-refractivity contribution in [1.82, 2.24) is 14.3 Å². The van der Waals surface area contributed by atoms with Crippen molar-refractivity contribution in [3.8, 4) is 0 Å². The van der Waals surface area contributed by atoms with Gasteiger partial charge in [-0.2, -0.15) is 0 Å². The van der Waals surface area contributed by atoms with Crippen LogP contribution in [-0.4, -0.2) is 38.6 Å². The minimum Gasteiger partial charge on any atom is -0.391 e. The first-order chi connectivity index (χ1) is 9.13. The standard InChI is InChI=1S/C14H17N3O2/c1-10-7-16(9-12(10)18)8-11-6-14(19)17-5-3-2-4-13(17)15-11/h2-6,10,12,18H,7-9H2,1H3/t10-,12-/m1/s1. The SMILES string of the molecule is C[C@@H]1CN(Cc2cc(=O)n3ccccc3n2)C[C@H]1O. The third kappa shape index (κ3) is 2.39. The van der Waals surface area contributed by atoms with Crippen LogP contribution in [0.25, 0.3) is 5.65 Å². The molecule has 0 unspecified atom stereocenters. The fraction of sp³-hybridized carbons (Fsp3) is 0.429. The number of β-amino-alcohol motifs (C(OH)–C–C–N with tert-alkyl or cyclic N) is 1. The van der Waals surface area contributed by atoms with Crippen molar-refractivity contribution in [2.24, 2.45) is 5.92 Å². The van der Waals surface area contributed by atoms with Crippen LogP contribution in [0.1, 0.15) is 12.6 Å². The highest BCUT2D eigenvalue weighted by Crippen LogP contribution is 2.17. The topological polar surface area (TPSA) is 57.8 Å². The fourth-order valence-electron chi connectivity index (χ4n) is 2.59. The number of pyridine rings is 1. The quantitative estimate of drug-likeness (QED) is 0.853. The van der Waals surface area contributed by atoms with Gasteiger partial charge in [-0.25, -0.2) is 4.98 Å². The van der Waals surface area contributed by atoms with Crippen molar-refractivity contribution in [1.29, 1.82) is 0 Å². The van der Waals surface area contributed by atoms with Crippen LogP contribution < -0.4 is 5.56 Å². The Morgan fingerprint density at radius 3 is 3.00 bits per heavy atom. The monoisotopic (exact) mass is 259 g/mol. The molecular formula is C14H17N3O2. The van der Waals surface area contributed by atoms with E-state index in [4.69, 9.17) is 0 Å². The Kier molecular flexibility index (Phi) is 3.08. The maximum atomic E-state index is 12.0. The summed E-state index contributed by atoms with van der Waals surface area (Å²) in [6.45, 7) is 4.14. The number of likely N-dealkylation sites (tertiary alicyclic amines) is 1. The number of nitrogens with zero attached hydrogens (tertiary/aromatic N) is 3. The summed E-state index contributed by atoms with van der Waals surface area (Å²) in [5.74, 6) is 0.279. The Morgan fingerprint density at radius 1 is 1.42 bits per heavy atom. The van der Waals surface area contributed by atoms with Gasteiger partial charge < -0.3 is 5.11 Å². The van der Waals surface area contributed by atoms with E-state index in [1.165, 1.54) is 4.40 Å². The highest BCUT2D eigenvalue weighted by atomic mass is 16.3. The zero-order chi connectivity index (χ0) is 13.4. The second-order valence-electron chi connectivity index (χ2n) is 5.25. The second-order valence-corrected chi connectivity index (χ2v) is 5.25. The summed E-state index contributed by atoms with van der Waals surface area (Å²) < 4.78 is 1.53. The van der Waals surface area contributed by atoms with Crippen LogP contribution in [0.5, 0.6) is 0 Å². The molecule has 5 nitrogen and oxygen atoms in total. The van der Waals surface area contributed by atoms with E-state index < -0.39 is 0 Å². The summed E-state index contributed by atoms with van der Waals surface area (Å²) in [5, 5.41) is 9.74. The Labute approximate surface area is 111 Å². The summed E-state index contributed by atoms with van der Waals surface area (Å²) >= 11 is 0. The summed E-state index contributed by atoms with van der Waals surface area (Å²) in [6, 6.07) is 7.08. The zero-order valence-corrected chi connectivity index (χ0v) is 10.9. The molecule has 0 bridgehead atoms. The van der Waals surface area contributed by atoms with Gasteiger partial charge in [0.1, 0.15) is 5.65 Å². The number of aromatic nitrogens is 2. The van der Waals surface area contributed by atoms with Crippen molar-refractivity contribution in [2.45, 2.75) is 19.6 Å². The molecule has 0 saturated carbocycles. The molecule has 0 aliphatic carbocycles. The lowest BCUT2D eigenvalue weighted by Gasteiger charge is -2.14. The molecule has 1 N–H and O–H groups in total. The minimum absolute atomic E-state index is 0.0617. The lowest BCUT2D eigenvalue weighted by Crippen LogP contribution is -2.24. The van der Waals surface area contributed by atoms with Crippen molar-refractivity contribution in [3.05, 3.63) is 46.5 Å². The highest BCUT2D eigenvalue weighted by Gasteiger charge is 2.27. The molecule has 5 heteroatoms. The van der Waals surface area contributed by atoms with Crippen molar-refractivity contribution < 1.29 is 5.11 Å². The van der Waals surface area contributed by atoms with Crippen LogP contribution in [0, 0.1) is 5.92 Å². The number of hydrogen-bond donors (Lipinski definition) is 1. The molecule has 2 aromatic heterocycles. The van der Waals surface area contributed by atoms with E-state index in [1.807, 2.05) is 25.1 Å². The second kappa shape index (κ2) is 4.75. The molecule has 1 fully saturated rings. The number of aliphatic hydroxyl groups excluding tert-OH is 1. The van der Waals surface area contributed by atoms with Crippen LogP contribution in [-0.2, 0) is 6.54 Å². The third-order valence-electron chi connectivity index (χ3n) is 3.66. The molecule has 19 heavy (non-hydrogen) atoms. The summed E-state index contributed by atoms with van der Waals surface area (Å²) in [7, 11) is 0. The molecule has 2 atom stereocenters. The summed E-state index contributed by atoms with van der Waals surface area (Å²) in [5.41, 5.74) is 1.36. The van der Waals surface area contributed by atoms with Gasteiger partial charge in [-0.15, -0.1) is 0 Å². The average Bonchev–Trinajstić information content (AvgIpc) is 2.68. The molecule has 3 rings (SSSR count). The van der Waals surface area contributed by atoms with Crippen molar-refractivity contribution >= 4 is 5.65 Å². The average molecular weight is 259 g/mol. The zero-order valence-electron chi connectivity index (χ0n) is 10.9. The van der Waals surface area contributed by atoms with E-state index >= 15 is 0 Å². The smallest absolute Gasteiger partial charge is 0.258 e. The van der Waals surface area contributed by atoms with Gasteiger partial charge in [-0.05, 0) is 18.1 Å². The lowest BCUT2D eigenvalue weighted by atomic mass is 10.1. The Balaban J connectivity index is 1.88. The first kappa shape index (κ1) is 12.3. The Morgan fingerprint density at radius 2 is 2.26 bits per heavy atom. The van der Waals surface area contributed by atoms with E-state index in [-0.39, 0.29) is 17.6 Å². The normalized spacial score (nSPS) is 24.1. The molecule has 2 aromatic rings. The summed E-state index contributed by atoms with van der Waals surface area (Å²) in [4.78, 5) is 18.6. The number of hydrogen-bond acceptors (Lipinski definition) is 4. The highest BCUT2D eigenvalue weighted by molar-refractivity contribution is 5.37. The van der Waals surface area contributed by atoms with Crippen LogP contribution >= 0.6 is 0 Å². The molecule has 3 heterocycles. The van der Waals surface area contributed by atoms with Gasteiger partial charge in [0.15, 0.2) is 0 Å². The fourth-order valence-corrected chi connectivity index (χ4v) is 2.59. The van der Waals surface area contributed by atoms with Gasteiger partial charge in [0, 0.05) is 31.9 Å². The molecule has 1 saturated heterocycles. The van der Waals surface area contributed by atoms with E-state index in [2.05, 4.69) is 9.88 Å². The number of aliphatic hydroxyl groups is 1. The largest absolute Gasteiger partial charge is 0.391 e. The molecule has 0 spiro atoms. The van der Waals surface area contributed by atoms with Crippen LogP contribution in [0.3, 0.4) is 0 Å². The first-order valence-corrected chi connectivity index (χ1v) is 6.51. The predicted molar refractivity (Wildman–Crippen MR) is 71.9 cm³/mol. The van der Waals surface area contributed by atoms with E-state index in [0.717, 1.165) is 12.2 Å². The molecule has 0 amide bonds. The van der Waals surface area contributed by atoms with Crippen LogP contribution in [0.4, 0.5) is 0 Å². The summed E-state index contributed by atoms with van der Waals surface area (Å²) in [6.07, 6.45) is 1.44. The van der Waals surface area contributed by atoms with Crippen LogP contribution in [0.15, 0.2) is 35.3 Å². The van der Waals surface area contributed by atoms with E-state index in [1.54, 1.807) is 12.3 Å². The Hall–Kier alpha value is -1.72. The Bertz CT molecular complexity index is 642. The van der Waals surface area contributed by atoms with Gasteiger partial charge in [0.05, 0.1) is 11.8 Å². The third-order valence-corrected chi connectivity index (χ3v) is 3.66. The van der Waals surface area contributed by atoms with Gasteiger partial charge in [-0.3, -0.25) is 14.1 Å². The maximum Gasteiger partial charge on any atom is 0.258 e. The molecular weight excluding hydrogens is 242 g/mol. The lowest BCUT2D eigenvalue weighted by molar-refractivity contribution is 0.147. The van der Waals surface area contributed by atoms with Gasteiger partial charge >= 0.3 is 0 Å². The predicted octanol–water partition coefficient (Wildman–Crippen LogP) is 0.507. The minimum atomic E-state index is -0.276. The molecule has 1 aliphatic rings. The number of rotatable bonds is 2. The maximum absolute atomic E-state index is 12.0. The molecule has 0 radical (unpaired) electrons. The van der Waals surface area contributed by atoms with E-state index in [9.17, 15) is 9.90 Å². The number of fused-ring (bicyclic) bond motifs is 1. The van der Waals surface area contributed by atoms with Gasteiger partial charge in [0.2, 0.25) is 0 Å². The molecule has 0 aromatic carbocycles. The van der Waals surface area contributed by atoms with Gasteiger partial charge in [0.25, 0.3) is 5.56 Å². The van der Waals surface area contributed by atoms with Crippen molar-refractivity contribution in [2.75, 3.05) is 13.1 Å². The van der Waals surface area contributed by atoms with Crippen LogP contribution in [0.2, 0.25) is 0 Å². The molecule has 1 aliphatic heterocycles. The molecule has 100 valence electrons. The van der Waals surface area contributed by atoms with Gasteiger partial charge in [-0.1, -0.05) is 13.0 Å².